The minimum atomic E-state index is -0.213. The van der Waals surface area contributed by atoms with Crippen molar-refractivity contribution in [3.8, 4) is 0 Å². The standard InChI is InChI=1S/C19H17NO2S/c1-13(2)20-18(21)16(14-9-5-3-6-10-14)17(19(20)22)23-15-11-7-4-8-12-15/h3-13H,1-2H3. The maximum Gasteiger partial charge on any atom is 0.268 e. The van der Waals surface area contributed by atoms with Crippen LogP contribution < -0.4 is 0 Å². The van der Waals surface area contributed by atoms with E-state index in [2.05, 4.69) is 0 Å². The summed E-state index contributed by atoms with van der Waals surface area (Å²) < 4.78 is 0. The lowest BCUT2D eigenvalue weighted by Gasteiger charge is -2.19. The molecule has 0 aliphatic carbocycles. The second-order valence-corrected chi connectivity index (χ2v) is 6.64. The molecule has 0 saturated carbocycles. The summed E-state index contributed by atoms with van der Waals surface area (Å²) in [5.41, 5.74) is 1.28. The Labute approximate surface area is 140 Å². The van der Waals surface area contributed by atoms with Crippen molar-refractivity contribution < 1.29 is 9.59 Å². The molecule has 0 fully saturated rings. The SMILES string of the molecule is CC(C)N1C(=O)C(Sc2ccccc2)=C(c2ccccc2)C1=O. The Morgan fingerprint density at radius 1 is 0.826 bits per heavy atom. The number of carbonyl (C=O) groups excluding carboxylic acids is 2. The second kappa shape index (κ2) is 6.42. The number of amides is 2. The molecule has 3 nitrogen and oxygen atoms in total. The van der Waals surface area contributed by atoms with Crippen LogP contribution in [0.15, 0.2) is 70.5 Å². The zero-order chi connectivity index (χ0) is 16.4. The Balaban J connectivity index is 2.09. The van der Waals surface area contributed by atoms with Gasteiger partial charge in [0.25, 0.3) is 11.8 Å². The average Bonchev–Trinajstić information content (AvgIpc) is 2.80. The van der Waals surface area contributed by atoms with E-state index in [0.29, 0.717) is 10.5 Å². The average molecular weight is 323 g/mol. The molecule has 0 spiro atoms. The number of rotatable bonds is 4. The van der Waals surface area contributed by atoms with Gasteiger partial charge in [-0.25, -0.2) is 0 Å². The van der Waals surface area contributed by atoms with E-state index in [1.54, 1.807) is 0 Å². The van der Waals surface area contributed by atoms with Crippen LogP contribution in [-0.2, 0) is 9.59 Å². The fraction of sp³-hybridized carbons (Fsp3) is 0.158. The predicted molar refractivity (Wildman–Crippen MR) is 92.7 cm³/mol. The topological polar surface area (TPSA) is 37.4 Å². The van der Waals surface area contributed by atoms with Gasteiger partial charge in [-0.2, -0.15) is 0 Å². The molecule has 0 atom stereocenters. The van der Waals surface area contributed by atoms with Gasteiger partial charge in [-0.15, -0.1) is 0 Å². The number of hydrogen-bond donors (Lipinski definition) is 0. The molecule has 0 N–H and O–H groups in total. The molecule has 0 aromatic heterocycles. The molecular formula is C19H17NO2S. The van der Waals surface area contributed by atoms with Crippen LogP contribution in [0.2, 0.25) is 0 Å². The largest absolute Gasteiger partial charge is 0.271 e. The summed E-state index contributed by atoms with van der Waals surface area (Å²) in [6.45, 7) is 3.71. The lowest BCUT2D eigenvalue weighted by Crippen LogP contribution is -2.37. The van der Waals surface area contributed by atoms with Crippen LogP contribution in [-0.4, -0.2) is 22.8 Å². The number of carbonyl (C=O) groups is 2. The quantitative estimate of drug-likeness (QED) is 0.799. The van der Waals surface area contributed by atoms with Crippen molar-refractivity contribution in [2.24, 2.45) is 0 Å². The second-order valence-electron chi connectivity index (χ2n) is 5.56. The van der Waals surface area contributed by atoms with Gasteiger partial charge in [0.1, 0.15) is 0 Å². The Kier molecular flexibility index (Phi) is 4.35. The summed E-state index contributed by atoms with van der Waals surface area (Å²) in [6, 6.07) is 18.9. The van der Waals surface area contributed by atoms with Crippen molar-refractivity contribution in [1.29, 1.82) is 0 Å². The van der Waals surface area contributed by atoms with Crippen LogP contribution in [0.4, 0.5) is 0 Å². The van der Waals surface area contributed by atoms with Crippen molar-refractivity contribution in [2.45, 2.75) is 24.8 Å². The summed E-state index contributed by atoms with van der Waals surface area (Å²) >= 11 is 1.35. The fourth-order valence-electron chi connectivity index (χ4n) is 2.56. The van der Waals surface area contributed by atoms with E-state index in [0.717, 1.165) is 10.5 Å². The van der Waals surface area contributed by atoms with Crippen LogP contribution in [0, 0.1) is 0 Å². The highest BCUT2D eigenvalue weighted by Gasteiger charge is 2.40. The zero-order valence-corrected chi connectivity index (χ0v) is 13.8. The van der Waals surface area contributed by atoms with E-state index < -0.39 is 0 Å². The molecule has 3 rings (SSSR count). The molecule has 2 aromatic rings. The van der Waals surface area contributed by atoms with E-state index >= 15 is 0 Å². The Morgan fingerprint density at radius 2 is 1.39 bits per heavy atom. The third-order valence-electron chi connectivity index (χ3n) is 3.61. The molecule has 116 valence electrons. The highest BCUT2D eigenvalue weighted by molar-refractivity contribution is 8.04. The normalized spacial score (nSPS) is 15.0. The molecule has 1 aliphatic rings. The van der Waals surface area contributed by atoms with Crippen LogP contribution in [0.1, 0.15) is 19.4 Å². The lowest BCUT2D eigenvalue weighted by atomic mass is 10.1. The monoisotopic (exact) mass is 323 g/mol. The Bertz CT molecular complexity index is 766. The smallest absolute Gasteiger partial charge is 0.268 e. The molecule has 1 heterocycles. The molecule has 2 aromatic carbocycles. The number of thioether (sulfide) groups is 1. The van der Waals surface area contributed by atoms with E-state index in [1.807, 2.05) is 74.5 Å². The van der Waals surface area contributed by atoms with Gasteiger partial charge in [-0.05, 0) is 31.5 Å². The van der Waals surface area contributed by atoms with Gasteiger partial charge in [0.15, 0.2) is 0 Å². The van der Waals surface area contributed by atoms with Crippen molar-refractivity contribution in [3.63, 3.8) is 0 Å². The van der Waals surface area contributed by atoms with Gasteiger partial charge in [0, 0.05) is 10.9 Å². The molecular weight excluding hydrogens is 306 g/mol. The van der Waals surface area contributed by atoms with Crippen molar-refractivity contribution in [3.05, 3.63) is 71.1 Å². The summed E-state index contributed by atoms with van der Waals surface area (Å²) in [6.07, 6.45) is 0. The van der Waals surface area contributed by atoms with Gasteiger partial charge in [-0.1, -0.05) is 60.3 Å². The molecule has 0 bridgehead atoms. The first kappa shape index (κ1) is 15.6. The maximum absolute atomic E-state index is 12.8. The summed E-state index contributed by atoms with van der Waals surface area (Å²) in [7, 11) is 0. The van der Waals surface area contributed by atoms with Crippen molar-refractivity contribution >= 4 is 29.1 Å². The minimum absolute atomic E-state index is 0.164. The van der Waals surface area contributed by atoms with Gasteiger partial charge < -0.3 is 0 Å². The molecule has 0 saturated heterocycles. The van der Waals surface area contributed by atoms with Gasteiger partial charge in [0.05, 0.1) is 10.5 Å². The fourth-order valence-corrected chi connectivity index (χ4v) is 3.58. The van der Waals surface area contributed by atoms with E-state index in [9.17, 15) is 9.59 Å². The van der Waals surface area contributed by atoms with Crippen molar-refractivity contribution in [2.75, 3.05) is 0 Å². The minimum Gasteiger partial charge on any atom is -0.271 e. The molecule has 4 heteroatoms. The van der Waals surface area contributed by atoms with E-state index in [1.165, 1.54) is 16.7 Å². The third-order valence-corrected chi connectivity index (χ3v) is 4.71. The number of benzene rings is 2. The predicted octanol–water partition coefficient (Wildman–Crippen LogP) is 3.97. The van der Waals surface area contributed by atoms with Crippen LogP contribution in [0.3, 0.4) is 0 Å². The van der Waals surface area contributed by atoms with E-state index in [-0.39, 0.29) is 17.9 Å². The number of imide groups is 1. The molecule has 0 radical (unpaired) electrons. The maximum atomic E-state index is 12.8. The first-order chi connectivity index (χ1) is 11.1. The zero-order valence-electron chi connectivity index (χ0n) is 13.0. The summed E-state index contributed by atoms with van der Waals surface area (Å²) in [5.74, 6) is -0.424. The first-order valence-corrected chi connectivity index (χ1v) is 8.31. The molecule has 2 amide bonds. The molecule has 1 aliphatic heterocycles. The van der Waals surface area contributed by atoms with Crippen LogP contribution in [0.25, 0.3) is 5.57 Å². The highest BCUT2D eigenvalue weighted by Crippen LogP contribution is 2.40. The highest BCUT2D eigenvalue weighted by atomic mass is 32.2. The Hall–Kier alpha value is -2.33. The molecule has 23 heavy (non-hydrogen) atoms. The Morgan fingerprint density at radius 3 is 1.96 bits per heavy atom. The van der Waals surface area contributed by atoms with Crippen molar-refractivity contribution in [1.82, 2.24) is 4.90 Å². The van der Waals surface area contributed by atoms with Gasteiger partial charge in [-0.3, -0.25) is 14.5 Å². The number of nitrogens with zero attached hydrogens (tertiary/aromatic N) is 1. The van der Waals surface area contributed by atoms with Gasteiger partial charge >= 0.3 is 0 Å². The number of hydrogen-bond acceptors (Lipinski definition) is 3. The summed E-state index contributed by atoms with van der Waals surface area (Å²) in [5, 5.41) is 0. The first-order valence-electron chi connectivity index (χ1n) is 7.50. The third kappa shape index (κ3) is 2.94. The van der Waals surface area contributed by atoms with E-state index in [4.69, 9.17) is 0 Å². The molecule has 0 unspecified atom stereocenters. The van der Waals surface area contributed by atoms with Crippen LogP contribution >= 0.6 is 11.8 Å². The summed E-state index contributed by atoms with van der Waals surface area (Å²) in [4.78, 5) is 28.4. The van der Waals surface area contributed by atoms with Crippen LogP contribution in [0.5, 0.6) is 0 Å². The lowest BCUT2D eigenvalue weighted by molar-refractivity contribution is -0.138. The van der Waals surface area contributed by atoms with Gasteiger partial charge in [0.2, 0.25) is 0 Å².